The van der Waals surface area contributed by atoms with Gasteiger partial charge in [-0.1, -0.05) is 26.7 Å². The van der Waals surface area contributed by atoms with Crippen molar-refractivity contribution < 1.29 is 23.1 Å². The van der Waals surface area contributed by atoms with E-state index in [2.05, 4.69) is 0 Å². The first-order valence-corrected chi connectivity index (χ1v) is 8.25. The van der Waals surface area contributed by atoms with Gasteiger partial charge in [0.1, 0.15) is 0 Å². The highest BCUT2D eigenvalue weighted by Crippen LogP contribution is 2.47. The van der Waals surface area contributed by atoms with E-state index in [1.807, 2.05) is 13.8 Å². The maximum Gasteiger partial charge on any atom is 0.330 e. The van der Waals surface area contributed by atoms with Crippen LogP contribution in [-0.4, -0.2) is 32.5 Å². The summed E-state index contributed by atoms with van der Waals surface area (Å²) in [4.78, 5) is 11.4. The highest BCUT2D eigenvalue weighted by atomic mass is 31.2. The van der Waals surface area contributed by atoms with Crippen molar-refractivity contribution >= 4 is 13.6 Å². The SMILES string of the molecule is CCCCOC(=O)CCP(=O)(OC)OCCCC. The molecule has 0 heterocycles. The molecule has 6 heteroatoms. The molecule has 0 aliphatic heterocycles. The Labute approximate surface area is 110 Å². The smallest absolute Gasteiger partial charge is 0.330 e. The largest absolute Gasteiger partial charge is 0.466 e. The molecule has 0 aromatic carbocycles. The number of hydrogen-bond acceptors (Lipinski definition) is 5. The van der Waals surface area contributed by atoms with Gasteiger partial charge in [-0.15, -0.1) is 0 Å². The standard InChI is InChI=1S/C12H25O5P/c1-4-6-9-16-12(13)8-11-18(14,15-3)17-10-7-5-2/h4-11H2,1-3H3. The molecule has 0 N–H and O–H groups in total. The highest BCUT2D eigenvalue weighted by Gasteiger charge is 2.24. The number of carbonyl (C=O) groups is 1. The summed E-state index contributed by atoms with van der Waals surface area (Å²) in [6.45, 7) is 4.86. The molecular weight excluding hydrogens is 255 g/mol. The molecule has 0 bridgehead atoms. The first kappa shape index (κ1) is 17.6. The summed E-state index contributed by atoms with van der Waals surface area (Å²) in [7, 11) is -1.78. The minimum atomic E-state index is -3.12. The van der Waals surface area contributed by atoms with Crippen molar-refractivity contribution in [2.45, 2.75) is 46.0 Å². The van der Waals surface area contributed by atoms with Crippen LogP contribution in [0.2, 0.25) is 0 Å². The number of rotatable bonds is 11. The van der Waals surface area contributed by atoms with E-state index in [9.17, 15) is 9.36 Å². The van der Waals surface area contributed by atoms with Crippen LogP contribution in [0, 0.1) is 0 Å². The van der Waals surface area contributed by atoms with Gasteiger partial charge in [-0.3, -0.25) is 9.36 Å². The summed E-state index contributed by atoms with van der Waals surface area (Å²) in [5.41, 5.74) is 0. The van der Waals surface area contributed by atoms with Gasteiger partial charge >= 0.3 is 13.6 Å². The molecule has 0 saturated carbocycles. The van der Waals surface area contributed by atoms with Gasteiger partial charge in [0.2, 0.25) is 0 Å². The van der Waals surface area contributed by atoms with Crippen LogP contribution in [-0.2, 0) is 23.1 Å². The Morgan fingerprint density at radius 3 is 2.28 bits per heavy atom. The molecule has 1 unspecified atom stereocenters. The van der Waals surface area contributed by atoms with Crippen LogP contribution < -0.4 is 0 Å². The van der Waals surface area contributed by atoms with Crippen molar-refractivity contribution in [1.82, 2.24) is 0 Å². The molecule has 0 aromatic heterocycles. The lowest BCUT2D eigenvalue weighted by Gasteiger charge is -2.15. The number of hydrogen-bond donors (Lipinski definition) is 0. The van der Waals surface area contributed by atoms with E-state index >= 15 is 0 Å². The molecule has 0 radical (unpaired) electrons. The van der Waals surface area contributed by atoms with Gasteiger partial charge in [0, 0.05) is 7.11 Å². The number of ether oxygens (including phenoxy) is 1. The lowest BCUT2D eigenvalue weighted by molar-refractivity contribution is -0.143. The molecule has 0 aliphatic rings. The third-order valence-electron chi connectivity index (χ3n) is 2.41. The third-order valence-corrected chi connectivity index (χ3v) is 4.32. The van der Waals surface area contributed by atoms with Crippen molar-refractivity contribution in [3.8, 4) is 0 Å². The Morgan fingerprint density at radius 1 is 1.11 bits per heavy atom. The molecule has 18 heavy (non-hydrogen) atoms. The van der Waals surface area contributed by atoms with Crippen molar-refractivity contribution in [2.75, 3.05) is 26.5 Å². The zero-order valence-corrected chi connectivity index (χ0v) is 12.5. The van der Waals surface area contributed by atoms with Crippen LogP contribution in [0.15, 0.2) is 0 Å². The van der Waals surface area contributed by atoms with E-state index in [1.54, 1.807) is 0 Å². The van der Waals surface area contributed by atoms with E-state index in [0.29, 0.717) is 13.2 Å². The van der Waals surface area contributed by atoms with Gasteiger partial charge < -0.3 is 13.8 Å². The quantitative estimate of drug-likeness (QED) is 0.330. The number of carbonyl (C=O) groups excluding carboxylic acids is 1. The average Bonchev–Trinajstić information content (AvgIpc) is 2.37. The lowest BCUT2D eigenvalue weighted by atomic mass is 10.4. The van der Waals surface area contributed by atoms with Crippen molar-refractivity contribution in [1.29, 1.82) is 0 Å². The second-order valence-corrected chi connectivity index (χ2v) is 6.32. The minimum absolute atomic E-state index is 0.0704. The zero-order chi connectivity index (χ0) is 13.9. The maximum atomic E-state index is 12.0. The molecular formula is C12H25O5P. The van der Waals surface area contributed by atoms with Crippen molar-refractivity contribution in [3.05, 3.63) is 0 Å². The van der Waals surface area contributed by atoms with Crippen LogP contribution in [0.4, 0.5) is 0 Å². The lowest BCUT2D eigenvalue weighted by Crippen LogP contribution is -2.09. The first-order chi connectivity index (χ1) is 8.58. The Bertz CT molecular complexity index is 267. The molecule has 0 spiro atoms. The summed E-state index contributed by atoms with van der Waals surface area (Å²) in [5.74, 6) is -0.347. The first-order valence-electron chi connectivity index (χ1n) is 6.53. The third kappa shape index (κ3) is 8.67. The monoisotopic (exact) mass is 280 g/mol. The molecule has 5 nitrogen and oxygen atoms in total. The van der Waals surface area contributed by atoms with E-state index < -0.39 is 7.60 Å². The fourth-order valence-electron chi connectivity index (χ4n) is 1.19. The Morgan fingerprint density at radius 2 is 1.72 bits per heavy atom. The van der Waals surface area contributed by atoms with Gasteiger partial charge in [-0.2, -0.15) is 0 Å². The van der Waals surface area contributed by atoms with Crippen molar-refractivity contribution in [3.63, 3.8) is 0 Å². The summed E-state index contributed by atoms with van der Waals surface area (Å²) < 4.78 is 27.1. The Hall–Kier alpha value is -0.380. The molecule has 1 atom stereocenters. The van der Waals surface area contributed by atoms with Gasteiger partial charge in [-0.05, 0) is 12.8 Å². The van der Waals surface area contributed by atoms with Crippen LogP contribution in [0.5, 0.6) is 0 Å². The van der Waals surface area contributed by atoms with Crippen LogP contribution >= 0.6 is 7.60 Å². The van der Waals surface area contributed by atoms with Gasteiger partial charge in [-0.25, -0.2) is 0 Å². The van der Waals surface area contributed by atoms with Gasteiger partial charge in [0.15, 0.2) is 0 Å². The molecule has 0 saturated heterocycles. The predicted octanol–water partition coefficient (Wildman–Crippen LogP) is 3.38. The topological polar surface area (TPSA) is 61.8 Å². The molecule has 108 valence electrons. The second kappa shape index (κ2) is 10.5. The molecule has 0 aromatic rings. The van der Waals surface area contributed by atoms with E-state index in [4.69, 9.17) is 13.8 Å². The van der Waals surface area contributed by atoms with E-state index in [0.717, 1.165) is 25.7 Å². The van der Waals surface area contributed by atoms with E-state index in [1.165, 1.54) is 7.11 Å². The maximum absolute atomic E-state index is 12.0. The van der Waals surface area contributed by atoms with Gasteiger partial charge in [0.05, 0.1) is 25.8 Å². The van der Waals surface area contributed by atoms with Crippen molar-refractivity contribution in [2.24, 2.45) is 0 Å². The van der Waals surface area contributed by atoms with Gasteiger partial charge in [0.25, 0.3) is 0 Å². The van der Waals surface area contributed by atoms with Crippen LogP contribution in [0.25, 0.3) is 0 Å². The summed E-state index contributed by atoms with van der Waals surface area (Å²) in [6.07, 6.45) is 3.76. The zero-order valence-electron chi connectivity index (χ0n) is 11.6. The highest BCUT2D eigenvalue weighted by molar-refractivity contribution is 7.53. The summed E-state index contributed by atoms with van der Waals surface area (Å²) in [5, 5.41) is 0. The van der Waals surface area contributed by atoms with Crippen LogP contribution in [0.3, 0.4) is 0 Å². The summed E-state index contributed by atoms with van der Waals surface area (Å²) in [6, 6.07) is 0. The Kier molecular flexibility index (Phi) is 10.3. The molecule has 0 rings (SSSR count). The Balaban J connectivity index is 3.90. The minimum Gasteiger partial charge on any atom is -0.466 e. The summed E-state index contributed by atoms with van der Waals surface area (Å²) >= 11 is 0. The molecule has 0 amide bonds. The van der Waals surface area contributed by atoms with Crippen LogP contribution in [0.1, 0.15) is 46.0 Å². The predicted molar refractivity (Wildman–Crippen MR) is 70.8 cm³/mol. The molecule has 0 fully saturated rings. The second-order valence-electron chi connectivity index (χ2n) is 4.03. The average molecular weight is 280 g/mol. The number of esters is 1. The number of unbranched alkanes of at least 4 members (excludes halogenated alkanes) is 2. The fourth-order valence-corrected chi connectivity index (χ4v) is 2.47. The normalized spacial score (nSPS) is 14.2. The molecule has 0 aliphatic carbocycles. The van der Waals surface area contributed by atoms with E-state index in [-0.39, 0.29) is 18.6 Å². The fraction of sp³-hybridized carbons (Fsp3) is 0.917.